The predicted octanol–water partition coefficient (Wildman–Crippen LogP) is 14.3. The third-order valence-corrected chi connectivity index (χ3v) is 19.3. The number of likely N-dealkylation sites (N-methyl/N-ethyl adjacent to an activating group) is 4. The summed E-state index contributed by atoms with van der Waals surface area (Å²) < 4.78 is 49.7. The number of fused-ring (bicyclic) bond motifs is 4. The fourth-order valence-electron chi connectivity index (χ4n) is 14.2. The van der Waals surface area contributed by atoms with E-state index in [-0.39, 0.29) is 35.7 Å². The molecule has 456 valence electrons. The third-order valence-electron chi connectivity index (χ3n) is 19.3. The van der Waals surface area contributed by atoms with Crippen molar-refractivity contribution >= 4 is 0 Å². The van der Waals surface area contributed by atoms with Crippen LogP contribution in [0.5, 0.6) is 80.5 Å². The smallest absolute Gasteiger partial charge is 0.204 e. The zero-order chi connectivity index (χ0) is 61.1. The van der Waals surface area contributed by atoms with E-state index >= 15 is 0 Å². The van der Waals surface area contributed by atoms with Gasteiger partial charge < -0.3 is 48.1 Å². The van der Waals surface area contributed by atoms with Crippen molar-refractivity contribution in [3.63, 3.8) is 0 Å². The van der Waals surface area contributed by atoms with Gasteiger partial charge in [-0.15, -0.1) is 0 Å². The van der Waals surface area contributed by atoms with Crippen molar-refractivity contribution in [2.45, 2.75) is 89.4 Å². The minimum Gasteiger partial charge on any atom is -0.504 e. The van der Waals surface area contributed by atoms with Crippen LogP contribution in [0.4, 0.5) is 0 Å². The molecule has 8 aromatic carbocycles. The lowest BCUT2D eigenvalue weighted by atomic mass is 9.87. The van der Waals surface area contributed by atoms with Gasteiger partial charge in [-0.25, -0.2) is 0 Å². The molecule has 4 atom stereocenters. The van der Waals surface area contributed by atoms with Crippen LogP contribution in [0.25, 0.3) is 0 Å². The topological polar surface area (TPSA) is 127 Å². The average Bonchev–Trinajstić information content (AvgIpc) is 1.35. The Labute approximate surface area is 517 Å². The number of rotatable bonds is 4. The van der Waals surface area contributed by atoms with Crippen molar-refractivity contribution in [2.24, 2.45) is 0 Å². The number of phenolic OH excluding ortho intramolecular Hbond substituents is 2. The summed E-state index contributed by atoms with van der Waals surface area (Å²) in [5.41, 5.74) is 16.5. The zero-order valence-electron chi connectivity index (χ0n) is 52.3. The van der Waals surface area contributed by atoms with Gasteiger partial charge in [-0.1, -0.05) is 48.5 Å². The lowest BCUT2D eigenvalue weighted by molar-refractivity contribution is 0.221. The Hall–Kier alpha value is -8.40. The van der Waals surface area contributed by atoms with E-state index in [9.17, 15) is 10.2 Å². The highest BCUT2D eigenvalue weighted by molar-refractivity contribution is 5.65. The Bertz CT molecular complexity index is 3940. The van der Waals surface area contributed by atoms with Gasteiger partial charge in [0.2, 0.25) is 11.5 Å². The Morgan fingerprint density at radius 2 is 0.807 bits per heavy atom. The van der Waals surface area contributed by atoms with Gasteiger partial charge in [0.25, 0.3) is 0 Å². The first-order valence-corrected chi connectivity index (χ1v) is 30.8. The second-order valence-electron chi connectivity index (χ2n) is 24.8. The summed E-state index contributed by atoms with van der Waals surface area (Å²) in [6.45, 7) is 8.00. The van der Waals surface area contributed by atoms with Crippen molar-refractivity contribution in [3.8, 4) is 80.5 Å². The first-order valence-electron chi connectivity index (χ1n) is 30.8. The molecule has 0 fully saturated rings. The van der Waals surface area contributed by atoms with Crippen LogP contribution in [-0.4, -0.2) is 113 Å². The van der Waals surface area contributed by atoms with E-state index in [1.54, 1.807) is 34.5 Å². The normalized spacial score (nSPS) is 19.7. The second kappa shape index (κ2) is 24.3. The molecule has 0 radical (unpaired) electrons. The van der Waals surface area contributed by atoms with Crippen molar-refractivity contribution < 1.29 is 48.1 Å². The van der Waals surface area contributed by atoms with Crippen molar-refractivity contribution in [2.75, 3.05) is 82.8 Å². The zero-order valence-corrected chi connectivity index (χ0v) is 52.3. The Balaban J connectivity index is 0.000000162. The van der Waals surface area contributed by atoms with Gasteiger partial charge in [-0.3, -0.25) is 19.6 Å². The minimum atomic E-state index is -0.0400. The number of aryl methyl sites for hydroxylation is 2. The largest absolute Gasteiger partial charge is 0.504 e. The van der Waals surface area contributed by atoms with Gasteiger partial charge >= 0.3 is 0 Å². The van der Waals surface area contributed by atoms with Gasteiger partial charge in [0, 0.05) is 61.5 Å². The number of nitrogens with zero attached hydrogens (tertiary/aromatic N) is 4. The molecule has 0 amide bonds. The molecule has 0 unspecified atom stereocenters. The monoisotopic (exact) mass is 1180 g/mol. The Morgan fingerprint density at radius 1 is 0.386 bits per heavy atom. The van der Waals surface area contributed by atoms with Gasteiger partial charge in [0.15, 0.2) is 46.0 Å². The molecule has 8 heterocycles. The Kier molecular flexibility index (Phi) is 16.2. The highest BCUT2D eigenvalue weighted by Crippen LogP contribution is 2.53. The highest BCUT2D eigenvalue weighted by Gasteiger charge is 2.37. The number of methoxy groups -OCH3 is 4. The lowest BCUT2D eigenvalue weighted by Crippen LogP contribution is -2.34. The molecule has 88 heavy (non-hydrogen) atoms. The summed E-state index contributed by atoms with van der Waals surface area (Å²) in [7, 11) is 15.3. The first-order chi connectivity index (χ1) is 42.6. The summed E-state index contributed by atoms with van der Waals surface area (Å²) in [4.78, 5) is 9.58. The SMILES string of the molecule is COc1cc2c3c(c1OC)Oc1cc4c(cc1C)CCN(C)[C@H]4Cc1ccc(cc1)Oc1cc(ccc1O)C[C@@H]3N(C)CC2.COc1ccc2cc1Oc1ccc(cc1)C[C@H]1c3cc(c(C)cc3CCN1C)Oc1c(O)c(OC)cc3c1[C@H](C2)N(C)CC3. The molecule has 0 aliphatic carbocycles. The molecule has 2 N–H and O–H groups in total. The number of hydrogen-bond acceptors (Lipinski definition) is 14. The maximum absolute atomic E-state index is 11.6. The van der Waals surface area contributed by atoms with Crippen LogP contribution in [0, 0.1) is 13.8 Å². The van der Waals surface area contributed by atoms with E-state index in [0.717, 1.165) is 121 Å². The van der Waals surface area contributed by atoms with E-state index in [4.69, 9.17) is 37.9 Å². The molecule has 14 nitrogen and oxygen atoms in total. The quantitative estimate of drug-likeness (QED) is 0.174. The molecule has 8 aliphatic heterocycles. The van der Waals surface area contributed by atoms with E-state index < -0.39 is 0 Å². The average molecular weight is 1190 g/mol. The molecule has 0 spiro atoms. The van der Waals surface area contributed by atoms with Gasteiger partial charge in [-0.2, -0.15) is 0 Å². The van der Waals surface area contributed by atoms with Crippen LogP contribution in [0.3, 0.4) is 0 Å². The second-order valence-corrected chi connectivity index (χ2v) is 24.8. The number of phenols is 2. The van der Waals surface area contributed by atoms with E-state index in [1.807, 2.05) is 48.5 Å². The lowest BCUT2D eigenvalue weighted by Gasteiger charge is -2.37. The van der Waals surface area contributed by atoms with Crippen LogP contribution in [0.2, 0.25) is 0 Å². The molecule has 0 saturated heterocycles. The van der Waals surface area contributed by atoms with Crippen molar-refractivity contribution in [1.82, 2.24) is 19.6 Å². The number of ether oxygens (including phenoxy) is 8. The molecule has 8 aromatic rings. The van der Waals surface area contributed by atoms with E-state index in [2.05, 4.69) is 128 Å². The van der Waals surface area contributed by atoms with Crippen LogP contribution < -0.4 is 37.9 Å². The van der Waals surface area contributed by atoms with E-state index in [1.165, 1.54) is 38.9 Å². The molecular formula is C74H80N4O10. The summed E-state index contributed by atoms with van der Waals surface area (Å²) in [5.74, 6) is 7.89. The fraction of sp³-hybridized carbons (Fsp3) is 0.351. The van der Waals surface area contributed by atoms with Crippen LogP contribution >= 0.6 is 0 Å². The number of hydrogen-bond donors (Lipinski definition) is 2. The van der Waals surface area contributed by atoms with Crippen LogP contribution in [0.15, 0.2) is 121 Å². The fourth-order valence-corrected chi connectivity index (χ4v) is 14.2. The van der Waals surface area contributed by atoms with E-state index in [0.29, 0.717) is 64.6 Å². The molecule has 12 bridgehead atoms. The number of aromatic hydroxyl groups is 2. The first kappa shape index (κ1) is 58.6. The molecule has 0 aromatic heterocycles. The molecule has 14 heteroatoms. The number of benzene rings is 8. The highest BCUT2D eigenvalue weighted by atomic mass is 16.5. The molecule has 16 rings (SSSR count). The van der Waals surface area contributed by atoms with Crippen LogP contribution in [0.1, 0.15) is 102 Å². The predicted molar refractivity (Wildman–Crippen MR) is 342 cm³/mol. The third kappa shape index (κ3) is 11.2. The summed E-state index contributed by atoms with van der Waals surface area (Å²) in [6.07, 6.45) is 6.80. The Morgan fingerprint density at radius 3 is 1.32 bits per heavy atom. The summed E-state index contributed by atoms with van der Waals surface area (Å²) in [6, 6.07) is 41.9. The molecular weight excluding hydrogens is 1100 g/mol. The van der Waals surface area contributed by atoms with Gasteiger partial charge in [0.1, 0.15) is 23.0 Å². The van der Waals surface area contributed by atoms with Crippen molar-refractivity contribution in [3.05, 3.63) is 199 Å². The molecule has 8 aliphatic rings. The maximum atomic E-state index is 11.6. The standard InChI is InChI=1S/2C37H40N2O5/c1-22-16-25-12-14-38(2)29-17-23-6-9-27(10-7-23)43-33-19-24(8-11-31(33)41-4)18-30-35-26(13-15-39(30)3)20-34(42-5)36(40)37(35)44-32(22)21-28(25)29;1-22-16-25-12-14-38(2)29-17-23-6-9-27(10-7-23)43-33-19-24(8-11-31(33)40)18-30-35-26(13-15-39(30)3)20-34(41-4)36(42-5)37(35)44-32(22)21-28(25)29/h2*6-11,16,19-21,29-30,40H,12-15,17-18H2,1-5H3/t2*29-,30-/m00/s1. The summed E-state index contributed by atoms with van der Waals surface area (Å²) in [5, 5.41) is 22.3. The van der Waals surface area contributed by atoms with Gasteiger partial charge in [0.05, 0.1) is 28.4 Å². The minimum absolute atomic E-state index is 0.000862. The maximum Gasteiger partial charge on any atom is 0.204 e. The van der Waals surface area contributed by atoms with Crippen molar-refractivity contribution in [1.29, 1.82) is 0 Å². The summed E-state index contributed by atoms with van der Waals surface area (Å²) >= 11 is 0. The molecule has 0 saturated carbocycles. The van der Waals surface area contributed by atoms with Gasteiger partial charge in [-0.05, 0) is 233 Å². The van der Waals surface area contributed by atoms with Crippen LogP contribution in [-0.2, 0) is 51.4 Å².